The Morgan fingerprint density at radius 2 is 2.00 bits per heavy atom. The molecule has 0 saturated heterocycles. The van der Waals surface area contributed by atoms with Crippen LogP contribution >= 0.6 is 0 Å². The zero-order valence-corrected chi connectivity index (χ0v) is 10.8. The van der Waals surface area contributed by atoms with Crippen molar-refractivity contribution >= 4 is 16.0 Å². The highest BCUT2D eigenvalue weighted by molar-refractivity contribution is 7.89. The van der Waals surface area contributed by atoms with Crippen molar-refractivity contribution in [3.63, 3.8) is 0 Å². The van der Waals surface area contributed by atoms with Crippen molar-refractivity contribution in [1.29, 1.82) is 0 Å². The zero-order valence-electron chi connectivity index (χ0n) is 9.97. The van der Waals surface area contributed by atoms with Gasteiger partial charge in [0.2, 0.25) is 10.0 Å². The molecule has 0 saturated carbocycles. The molecule has 0 aliphatic heterocycles. The van der Waals surface area contributed by atoms with Crippen LogP contribution < -0.4 is 4.72 Å². The molecule has 0 fully saturated rings. The third-order valence-electron chi connectivity index (χ3n) is 2.66. The number of rotatable bonds is 5. The van der Waals surface area contributed by atoms with Crippen LogP contribution in [0.2, 0.25) is 0 Å². The van der Waals surface area contributed by atoms with Gasteiger partial charge in [-0.05, 0) is 25.5 Å². The van der Waals surface area contributed by atoms with E-state index in [9.17, 15) is 17.6 Å². The van der Waals surface area contributed by atoms with E-state index in [-0.39, 0.29) is 6.42 Å². The molecule has 0 heterocycles. The van der Waals surface area contributed by atoms with Crippen molar-refractivity contribution < 1.29 is 22.7 Å². The van der Waals surface area contributed by atoms with E-state index in [1.165, 1.54) is 26.0 Å². The van der Waals surface area contributed by atoms with Crippen LogP contribution in [0.3, 0.4) is 0 Å². The lowest BCUT2D eigenvalue weighted by molar-refractivity contribution is -0.143. The molecule has 1 aromatic carbocycles. The fraction of sp³-hybridized carbons (Fsp3) is 0.364. The summed E-state index contributed by atoms with van der Waals surface area (Å²) in [4.78, 5) is 10.5. The Morgan fingerprint density at radius 1 is 1.44 bits per heavy atom. The lowest BCUT2D eigenvalue weighted by Crippen LogP contribution is -2.51. The molecule has 100 valence electrons. The molecule has 5 nitrogen and oxygen atoms in total. The summed E-state index contributed by atoms with van der Waals surface area (Å²) < 4.78 is 39.2. The molecule has 18 heavy (non-hydrogen) atoms. The summed E-state index contributed by atoms with van der Waals surface area (Å²) in [5.74, 6) is -2.24. The third kappa shape index (κ3) is 2.85. The van der Waals surface area contributed by atoms with Gasteiger partial charge in [-0.1, -0.05) is 19.1 Å². The first-order chi connectivity index (χ1) is 8.23. The number of halogens is 1. The zero-order chi connectivity index (χ0) is 14.0. The van der Waals surface area contributed by atoms with Gasteiger partial charge in [-0.3, -0.25) is 4.79 Å². The predicted octanol–water partition coefficient (Wildman–Crippen LogP) is 1.36. The largest absolute Gasteiger partial charge is 0.480 e. The number of carboxylic acids is 1. The van der Waals surface area contributed by atoms with E-state index >= 15 is 0 Å². The van der Waals surface area contributed by atoms with Crippen LogP contribution in [0.25, 0.3) is 0 Å². The maximum atomic E-state index is 13.4. The van der Waals surface area contributed by atoms with E-state index in [0.29, 0.717) is 0 Å². The lowest BCUT2D eigenvalue weighted by atomic mass is 10.0. The number of carboxylic acid groups (broad SMARTS) is 1. The number of nitrogens with one attached hydrogen (secondary N) is 1. The van der Waals surface area contributed by atoms with E-state index in [1.54, 1.807) is 0 Å². The van der Waals surface area contributed by atoms with Crippen LogP contribution in [0.15, 0.2) is 29.2 Å². The number of carbonyl (C=O) groups is 1. The van der Waals surface area contributed by atoms with E-state index < -0.39 is 32.2 Å². The summed E-state index contributed by atoms with van der Waals surface area (Å²) in [6.07, 6.45) is 0.0377. The second-order valence-electron chi connectivity index (χ2n) is 4.03. The van der Waals surface area contributed by atoms with Gasteiger partial charge in [-0.2, -0.15) is 4.72 Å². The van der Waals surface area contributed by atoms with Gasteiger partial charge in [0, 0.05) is 0 Å². The molecule has 0 amide bonds. The standard InChI is InChI=1S/C11H14FNO4S/c1-3-11(2,10(14)15)13-18(16,17)9-7-5-4-6-8(9)12/h4-7,13H,3H2,1-2H3,(H,14,15). The summed E-state index contributed by atoms with van der Waals surface area (Å²) in [7, 11) is -4.21. The Kier molecular flexibility index (Phi) is 4.08. The summed E-state index contributed by atoms with van der Waals surface area (Å²) in [6.45, 7) is 2.76. The van der Waals surface area contributed by atoms with Crippen molar-refractivity contribution in [2.75, 3.05) is 0 Å². The maximum absolute atomic E-state index is 13.4. The molecular weight excluding hydrogens is 261 g/mol. The highest BCUT2D eigenvalue weighted by Gasteiger charge is 2.36. The van der Waals surface area contributed by atoms with E-state index in [1.807, 2.05) is 4.72 Å². The Balaban J connectivity index is 3.18. The van der Waals surface area contributed by atoms with Crippen LogP contribution in [-0.2, 0) is 14.8 Å². The molecular formula is C11H14FNO4S. The van der Waals surface area contributed by atoms with Gasteiger partial charge >= 0.3 is 5.97 Å². The highest BCUT2D eigenvalue weighted by atomic mass is 32.2. The molecule has 0 aliphatic carbocycles. The van der Waals surface area contributed by atoms with Crippen molar-refractivity contribution in [1.82, 2.24) is 4.72 Å². The van der Waals surface area contributed by atoms with Gasteiger partial charge < -0.3 is 5.11 Å². The van der Waals surface area contributed by atoms with Crippen LogP contribution in [-0.4, -0.2) is 25.0 Å². The molecule has 0 radical (unpaired) electrons. The summed E-state index contributed by atoms with van der Waals surface area (Å²) in [5, 5.41) is 8.99. The molecule has 1 unspecified atom stereocenters. The first kappa shape index (κ1) is 14.6. The molecule has 1 aromatic rings. The monoisotopic (exact) mass is 275 g/mol. The van der Waals surface area contributed by atoms with E-state index in [4.69, 9.17) is 5.11 Å². The first-order valence-electron chi connectivity index (χ1n) is 5.25. The van der Waals surface area contributed by atoms with Crippen LogP contribution in [0.1, 0.15) is 20.3 Å². The second kappa shape index (κ2) is 5.03. The fourth-order valence-electron chi connectivity index (χ4n) is 1.28. The molecule has 1 atom stereocenters. The Bertz CT molecular complexity index is 558. The molecule has 0 aromatic heterocycles. The molecule has 2 N–H and O–H groups in total. The molecule has 1 rings (SSSR count). The topological polar surface area (TPSA) is 83.5 Å². The van der Waals surface area contributed by atoms with Gasteiger partial charge in [-0.25, -0.2) is 12.8 Å². The average Bonchev–Trinajstić information content (AvgIpc) is 2.28. The van der Waals surface area contributed by atoms with Crippen molar-refractivity contribution in [3.8, 4) is 0 Å². The van der Waals surface area contributed by atoms with Crippen molar-refractivity contribution in [2.45, 2.75) is 30.7 Å². The average molecular weight is 275 g/mol. The van der Waals surface area contributed by atoms with Crippen molar-refractivity contribution in [2.24, 2.45) is 0 Å². The third-order valence-corrected chi connectivity index (χ3v) is 4.29. The van der Waals surface area contributed by atoms with E-state index in [2.05, 4.69) is 0 Å². The van der Waals surface area contributed by atoms with Gasteiger partial charge in [0.05, 0.1) is 0 Å². The second-order valence-corrected chi connectivity index (χ2v) is 5.68. The van der Waals surface area contributed by atoms with Gasteiger partial charge in [0.1, 0.15) is 16.3 Å². The van der Waals surface area contributed by atoms with Crippen LogP contribution in [0, 0.1) is 5.82 Å². The smallest absolute Gasteiger partial charge is 0.324 e. The SMILES string of the molecule is CCC(C)(NS(=O)(=O)c1ccccc1F)C(=O)O. The van der Waals surface area contributed by atoms with Crippen molar-refractivity contribution in [3.05, 3.63) is 30.1 Å². The molecule has 7 heteroatoms. The minimum absolute atomic E-state index is 0.0377. The van der Waals surface area contributed by atoms with Gasteiger partial charge in [-0.15, -0.1) is 0 Å². The Hall–Kier alpha value is -1.47. The fourth-order valence-corrected chi connectivity index (χ4v) is 2.80. The minimum Gasteiger partial charge on any atom is -0.480 e. The normalized spacial score (nSPS) is 15.1. The predicted molar refractivity (Wildman–Crippen MR) is 63.1 cm³/mol. The molecule has 0 spiro atoms. The Morgan fingerprint density at radius 3 is 2.44 bits per heavy atom. The number of hydrogen-bond acceptors (Lipinski definition) is 3. The van der Waals surface area contributed by atoms with Gasteiger partial charge in [0.15, 0.2) is 0 Å². The quantitative estimate of drug-likeness (QED) is 0.849. The molecule has 0 aliphatic rings. The number of benzene rings is 1. The first-order valence-corrected chi connectivity index (χ1v) is 6.73. The van der Waals surface area contributed by atoms with Crippen LogP contribution in [0.5, 0.6) is 0 Å². The number of hydrogen-bond donors (Lipinski definition) is 2. The Labute approximate surface area is 105 Å². The summed E-state index contributed by atoms with van der Waals surface area (Å²) >= 11 is 0. The highest BCUT2D eigenvalue weighted by Crippen LogP contribution is 2.18. The van der Waals surface area contributed by atoms with Gasteiger partial charge in [0.25, 0.3) is 0 Å². The maximum Gasteiger partial charge on any atom is 0.324 e. The van der Waals surface area contributed by atoms with E-state index in [0.717, 1.165) is 12.1 Å². The number of aliphatic carboxylic acids is 1. The molecule has 0 bridgehead atoms. The summed E-state index contributed by atoms with van der Waals surface area (Å²) in [6, 6.07) is 4.79. The summed E-state index contributed by atoms with van der Waals surface area (Å²) in [5.41, 5.74) is -1.67. The van der Waals surface area contributed by atoms with Crippen LogP contribution in [0.4, 0.5) is 4.39 Å². The lowest BCUT2D eigenvalue weighted by Gasteiger charge is -2.24. The minimum atomic E-state index is -4.21. The number of sulfonamides is 1.